The highest BCUT2D eigenvalue weighted by Crippen LogP contribution is 2.23. The number of rotatable bonds is 5. The van der Waals surface area contributed by atoms with Crippen LogP contribution in [-0.4, -0.2) is 18.0 Å². The second kappa shape index (κ2) is 6.73. The molecule has 1 atom stereocenters. The molecule has 1 N–H and O–H groups in total. The summed E-state index contributed by atoms with van der Waals surface area (Å²) in [5.41, 5.74) is 0.529. The lowest BCUT2D eigenvalue weighted by atomic mass is 10.1. The van der Waals surface area contributed by atoms with Gasteiger partial charge in [-0.05, 0) is 42.0 Å². The highest BCUT2D eigenvalue weighted by molar-refractivity contribution is 7.89. The molecule has 3 rings (SSSR count). The fraction of sp³-hybridized carbons (Fsp3) is 0.118. The Bertz CT molecular complexity index is 968. The summed E-state index contributed by atoms with van der Waals surface area (Å²) in [6, 6.07) is 9.15. The zero-order valence-electron chi connectivity index (χ0n) is 13.2. The number of halogens is 2. The van der Waals surface area contributed by atoms with E-state index in [4.69, 9.17) is 0 Å². The summed E-state index contributed by atoms with van der Waals surface area (Å²) in [5, 5.41) is 0. The van der Waals surface area contributed by atoms with E-state index in [-0.39, 0.29) is 4.90 Å². The number of hydrogen-bond donors (Lipinski definition) is 1. The quantitative estimate of drug-likeness (QED) is 0.758. The molecule has 0 radical (unpaired) electrons. The monoisotopic (exact) mass is 363 g/mol. The second-order valence-electron chi connectivity index (χ2n) is 5.46. The Balaban J connectivity index is 2.02. The fourth-order valence-electron chi connectivity index (χ4n) is 2.42. The zero-order valence-corrected chi connectivity index (χ0v) is 14.0. The van der Waals surface area contributed by atoms with Crippen molar-refractivity contribution in [2.75, 3.05) is 0 Å². The molecule has 0 saturated heterocycles. The molecule has 1 heterocycles. The predicted octanol–water partition coefficient (Wildman–Crippen LogP) is 2.77. The fourth-order valence-corrected chi connectivity index (χ4v) is 3.60. The number of nitrogens with zero attached hydrogens (tertiary/aromatic N) is 2. The van der Waals surface area contributed by atoms with Crippen molar-refractivity contribution in [3.63, 3.8) is 0 Å². The van der Waals surface area contributed by atoms with Crippen molar-refractivity contribution in [1.82, 2.24) is 14.3 Å². The van der Waals surface area contributed by atoms with Crippen molar-refractivity contribution in [1.29, 1.82) is 0 Å². The van der Waals surface area contributed by atoms with Crippen LogP contribution in [0.4, 0.5) is 8.78 Å². The van der Waals surface area contributed by atoms with Gasteiger partial charge in [-0.3, -0.25) is 0 Å². The summed E-state index contributed by atoms with van der Waals surface area (Å²) in [7, 11) is -2.21. The molecule has 0 amide bonds. The smallest absolute Gasteiger partial charge is 0.241 e. The number of sulfonamides is 1. The summed E-state index contributed by atoms with van der Waals surface area (Å²) in [6.07, 6.45) is 3.22. The van der Waals surface area contributed by atoms with Crippen molar-refractivity contribution >= 4 is 10.0 Å². The third kappa shape index (κ3) is 3.75. The molecule has 0 fully saturated rings. The maximum atomic E-state index is 13.2. The van der Waals surface area contributed by atoms with Gasteiger partial charge in [0.25, 0.3) is 0 Å². The van der Waals surface area contributed by atoms with Crippen LogP contribution in [0.1, 0.15) is 17.4 Å². The molecule has 0 saturated carbocycles. The second-order valence-corrected chi connectivity index (χ2v) is 7.17. The summed E-state index contributed by atoms with van der Waals surface area (Å²) < 4.78 is 55.8. The van der Waals surface area contributed by atoms with E-state index in [9.17, 15) is 17.2 Å². The molecular weight excluding hydrogens is 348 g/mol. The van der Waals surface area contributed by atoms with E-state index in [2.05, 4.69) is 9.71 Å². The Morgan fingerprint density at radius 3 is 2.08 bits per heavy atom. The van der Waals surface area contributed by atoms with Gasteiger partial charge in [0.05, 0.1) is 4.90 Å². The van der Waals surface area contributed by atoms with Gasteiger partial charge in [-0.1, -0.05) is 12.1 Å². The van der Waals surface area contributed by atoms with Gasteiger partial charge in [0, 0.05) is 19.4 Å². The van der Waals surface area contributed by atoms with Crippen LogP contribution < -0.4 is 4.72 Å². The van der Waals surface area contributed by atoms with Crippen LogP contribution >= 0.6 is 0 Å². The summed E-state index contributed by atoms with van der Waals surface area (Å²) >= 11 is 0. The van der Waals surface area contributed by atoms with Crippen LogP contribution in [0.3, 0.4) is 0 Å². The molecule has 130 valence electrons. The lowest BCUT2D eigenvalue weighted by molar-refractivity contribution is 0.561. The van der Waals surface area contributed by atoms with Crippen LogP contribution in [0.25, 0.3) is 0 Å². The molecule has 5 nitrogen and oxygen atoms in total. The van der Waals surface area contributed by atoms with E-state index < -0.39 is 27.7 Å². The lowest BCUT2D eigenvalue weighted by Crippen LogP contribution is -2.31. The normalized spacial score (nSPS) is 12.9. The first kappa shape index (κ1) is 17.2. The van der Waals surface area contributed by atoms with Crippen LogP contribution in [0.15, 0.2) is 65.8 Å². The summed E-state index contributed by atoms with van der Waals surface area (Å²) in [6.45, 7) is 0. The van der Waals surface area contributed by atoms with E-state index >= 15 is 0 Å². The molecule has 0 bridgehead atoms. The SMILES string of the molecule is Cn1ccnc1[C@H](NS(=O)(=O)c1ccc(F)cc1)c1ccc(F)cc1. The van der Waals surface area contributed by atoms with Crippen molar-refractivity contribution in [3.8, 4) is 0 Å². The Hall–Kier alpha value is -2.58. The third-order valence-corrected chi connectivity index (χ3v) is 5.16. The largest absolute Gasteiger partial charge is 0.336 e. The van der Waals surface area contributed by atoms with E-state index in [1.54, 1.807) is 17.8 Å². The molecule has 25 heavy (non-hydrogen) atoms. The predicted molar refractivity (Wildman–Crippen MR) is 88.2 cm³/mol. The van der Waals surface area contributed by atoms with Gasteiger partial charge < -0.3 is 4.57 Å². The number of hydrogen-bond acceptors (Lipinski definition) is 3. The van der Waals surface area contributed by atoms with Crippen molar-refractivity contribution in [3.05, 3.63) is 83.9 Å². The molecule has 8 heteroatoms. The van der Waals surface area contributed by atoms with E-state index in [1.165, 1.54) is 42.6 Å². The average Bonchev–Trinajstić information content (AvgIpc) is 3.00. The van der Waals surface area contributed by atoms with E-state index in [0.29, 0.717) is 11.4 Å². The molecule has 0 unspecified atom stereocenters. The molecule has 0 aliphatic carbocycles. The van der Waals surface area contributed by atoms with Gasteiger partial charge in [0.15, 0.2) is 0 Å². The molecule has 3 aromatic rings. The molecule has 2 aromatic carbocycles. The molecule has 0 spiro atoms. The highest BCUT2D eigenvalue weighted by Gasteiger charge is 2.25. The van der Waals surface area contributed by atoms with Crippen LogP contribution in [-0.2, 0) is 17.1 Å². The van der Waals surface area contributed by atoms with E-state index in [1.807, 2.05) is 0 Å². The minimum atomic E-state index is -3.94. The van der Waals surface area contributed by atoms with Gasteiger partial charge in [0.1, 0.15) is 23.5 Å². The molecular formula is C17H15F2N3O2S. The third-order valence-electron chi connectivity index (χ3n) is 3.72. The van der Waals surface area contributed by atoms with Gasteiger partial charge in [-0.15, -0.1) is 0 Å². The first-order chi connectivity index (χ1) is 11.9. The topological polar surface area (TPSA) is 64.0 Å². The Labute approximate surface area is 144 Å². The molecule has 0 aliphatic rings. The van der Waals surface area contributed by atoms with E-state index in [0.717, 1.165) is 12.1 Å². The molecule has 1 aromatic heterocycles. The first-order valence-corrected chi connectivity index (χ1v) is 8.86. The highest BCUT2D eigenvalue weighted by atomic mass is 32.2. The van der Waals surface area contributed by atoms with Crippen molar-refractivity contribution in [2.45, 2.75) is 10.9 Å². The Morgan fingerprint density at radius 2 is 1.56 bits per heavy atom. The standard InChI is InChI=1S/C17H15F2N3O2S/c1-22-11-10-20-17(22)16(12-2-4-13(18)5-3-12)21-25(23,24)15-8-6-14(19)7-9-15/h2-11,16,21H,1H3/t16-/m1/s1. The minimum absolute atomic E-state index is 0.0739. The maximum Gasteiger partial charge on any atom is 0.241 e. The number of benzene rings is 2. The number of aryl methyl sites for hydroxylation is 1. The van der Waals surface area contributed by atoms with Crippen LogP contribution in [0.2, 0.25) is 0 Å². The minimum Gasteiger partial charge on any atom is -0.336 e. The van der Waals surface area contributed by atoms with Crippen LogP contribution in [0, 0.1) is 11.6 Å². The first-order valence-electron chi connectivity index (χ1n) is 7.37. The van der Waals surface area contributed by atoms with Gasteiger partial charge in [0.2, 0.25) is 10.0 Å². The number of aromatic nitrogens is 2. The van der Waals surface area contributed by atoms with Crippen molar-refractivity contribution < 1.29 is 17.2 Å². The summed E-state index contributed by atoms with van der Waals surface area (Å²) in [5.74, 6) is -0.515. The van der Waals surface area contributed by atoms with Crippen LogP contribution in [0.5, 0.6) is 0 Å². The Kier molecular flexibility index (Phi) is 4.65. The molecule has 0 aliphatic heterocycles. The maximum absolute atomic E-state index is 13.2. The lowest BCUT2D eigenvalue weighted by Gasteiger charge is -2.19. The Morgan fingerprint density at radius 1 is 1.00 bits per heavy atom. The number of nitrogens with one attached hydrogen (secondary N) is 1. The average molecular weight is 363 g/mol. The zero-order chi connectivity index (χ0) is 18.0. The van der Waals surface area contributed by atoms with Crippen molar-refractivity contribution in [2.24, 2.45) is 7.05 Å². The number of imidazole rings is 1. The van der Waals surface area contributed by atoms with Gasteiger partial charge in [-0.2, -0.15) is 4.72 Å². The van der Waals surface area contributed by atoms with Gasteiger partial charge in [-0.25, -0.2) is 22.2 Å². The summed E-state index contributed by atoms with van der Waals surface area (Å²) in [4.78, 5) is 4.12. The van der Waals surface area contributed by atoms with Gasteiger partial charge >= 0.3 is 0 Å².